The second kappa shape index (κ2) is 5.39. The number of benzene rings is 1. The van der Waals surface area contributed by atoms with E-state index in [1.165, 1.54) is 10.5 Å². The van der Waals surface area contributed by atoms with Crippen molar-refractivity contribution in [2.45, 2.75) is 38.1 Å². The van der Waals surface area contributed by atoms with Crippen LogP contribution in [0.4, 0.5) is 0 Å². The van der Waals surface area contributed by atoms with Gasteiger partial charge in [-0.1, -0.05) is 18.2 Å². The minimum Gasteiger partial charge on any atom is -0.387 e. The Balaban J connectivity index is 2.59. The molecule has 0 heterocycles. The van der Waals surface area contributed by atoms with Gasteiger partial charge in [0.1, 0.15) is 5.84 Å². The van der Waals surface area contributed by atoms with Gasteiger partial charge in [-0.3, -0.25) is 4.99 Å². The fraction of sp³-hybridized carbons (Fsp3) is 0.462. The van der Waals surface area contributed by atoms with Crippen LogP contribution in [0.1, 0.15) is 26.3 Å². The molecular weight excluding hydrogens is 216 g/mol. The highest BCUT2D eigenvalue weighted by molar-refractivity contribution is 8.00. The highest BCUT2D eigenvalue weighted by Crippen LogP contribution is 2.21. The molecule has 0 saturated carbocycles. The summed E-state index contributed by atoms with van der Waals surface area (Å²) < 4.78 is 0. The van der Waals surface area contributed by atoms with Crippen molar-refractivity contribution < 1.29 is 0 Å². The van der Waals surface area contributed by atoms with Gasteiger partial charge in [0.05, 0.1) is 11.3 Å². The number of thioether (sulfide) groups is 1. The molecule has 0 unspecified atom stereocenters. The molecule has 1 aromatic rings. The molecule has 0 aliphatic rings. The number of nitrogens with two attached hydrogens (primary N) is 1. The molecule has 0 saturated heterocycles. The topological polar surface area (TPSA) is 38.4 Å². The summed E-state index contributed by atoms with van der Waals surface area (Å²) in [5, 5.41) is 0. The predicted octanol–water partition coefficient (Wildman–Crippen LogP) is 3.24. The molecule has 0 amide bonds. The van der Waals surface area contributed by atoms with E-state index in [0.29, 0.717) is 5.84 Å². The summed E-state index contributed by atoms with van der Waals surface area (Å²) in [7, 11) is 0. The first kappa shape index (κ1) is 13.1. The number of hydrogen-bond acceptors (Lipinski definition) is 2. The minimum absolute atomic E-state index is 0.0869. The van der Waals surface area contributed by atoms with Crippen LogP contribution in [0.2, 0.25) is 0 Å². The van der Waals surface area contributed by atoms with Crippen LogP contribution >= 0.6 is 11.8 Å². The average molecular weight is 236 g/mol. The van der Waals surface area contributed by atoms with Gasteiger partial charge in [0.15, 0.2) is 0 Å². The van der Waals surface area contributed by atoms with E-state index in [9.17, 15) is 0 Å². The van der Waals surface area contributed by atoms with Crippen LogP contribution < -0.4 is 5.73 Å². The summed E-state index contributed by atoms with van der Waals surface area (Å²) >= 11 is 1.74. The molecule has 0 atom stereocenters. The SMILES string of the molecule is Cc1ccccc1SCC(N)=NC(C)(C)C. The summed E-state index contributed by atoms with van der Waals surface area (Å²) in [6, 6.07) is 8.32. The molecule has 0 spiro atoms. The number of hydrogen-bond donors (Lipinski definition) is 1. The molecule has 0 bridgehead atoms. The van der Waals surface area contributed by atoms with Crippen LogP contribution in [0.5, 0.6) is 0 Å². The Kier molecular flexibility index (Phi) is 4.42. The zero-order chi connectivity index (χ0) is 12.2. The minimum atomic E-state index is -0.0869. The third kappa shape index (κ3) is 4.71. The normalized spacial score (nSPS) is 12.9. The Hall–Kier alpha value is -0.960. The van der Waals surface area contributed by atoms with Crippen molar-refractivity contribution in [3.63, 3.8) is 0 Å². The van der Waals surface area contributed by atoms with E-state index in [0.717, 1.165) is 5.75 Å². The first-order chi connectivity index (χ1) is 7.38. The Bertz CT molecular complexity index is 378. The van der Waals surface area contributed by atoms with Crippen molar-refractivity contribution >= 4 is 17.6 Å². The van der Waals surface area contributed by atoms with Gasteiger partial charge in [0.2, 0.25) is 0 Å². The van der Waals surface area contributed by atoms with Crippen LogP contribution in [0, 0.1) is 6.92 Å². The fourth-order valence-corrected chi connectivity index (χ4v) is 2.17. The molecule has 0 aliphatic heterocycles. The van der Waals surface area contributed by atoms with Crippen molar-refractivity contribution in [2.24, 2.45) is 10.7 Å². The Labute approximate surface area is 102 Å². The molecule has 0 radical (unpaired) electrons. The highest BCUT2D eigenvalue weighted by atomic mass is 32.2. The van der Waals surface area contributed by atoms with Crippen LogP contribution in [0.3, 0.4) is 0 Å². The molecule has 0 fully saturated rings. The van der Waals surface area contributed by atoms with Crippen LogP contribution in [-0.4, -0.2) is 17.1 Å². The molecular formula is C13H20N2S. The molecule has 3 heteroatoms. The van der Waals surface area contributed by atoms with Gasteiger partial charge in [-0.15, -0.1) is 11.8 Å². The molecule has 0 aliphatic carbocycles. The van der Waals surface area contributed by atoms with Crippen molar-refractivity contribution in [2.75, 3.05) is 5.75 Å². The Morgan fingerprint density at radius 3 is 2.50 bits per heavy atom. The summed E-state index contributed by atoms with van der Waals surface area (Å²) in [5.74, 6) is 1.46. The maximum atomic E-state index is 5.89. The van der Waals surface area contributed by atoms with E-state index < -0.39 is 0 Å². The highest BCUT2D eigenvalue weighted by Gasteiger charge is 2.08. The van der Waals surface area contributed by atoms with E-state index in [1.807, 2.05) is 12.1 Å². The van der Waals surface area contributed by atoms with Gasteiger partial charge in [-0.25, -0.2) is 0 Å². The predicted molar refractivity (Wildman–Crippen MR) is 73.3 cm³/mol. The standard InChI is InChI=1S/C13H20N2S/c1-10-7-5-6-8-11(10)16-9-12(14)15-13(2,3)4/h5-8H,9H2,1-4H3,(H2,14,15). The molecule has 0 aromatic heterocycles. The molecule has 88 valence electrons. The Morgan fingerprint density at radius 2 is 1.94 bits per heavy atom. The van der Waals surface area contributed by atoms with E-state index >= 15 is 0 Å². The quantitative estimate of drug-likeness (QED) is 0.497. The summed E-state index contributed by atoms with van der Waals surface area (Å²) in [6.45, 7) is 8.27. The lowest BCUT2D eigenvalue weighted by Gasteiger charge is -2.13. The van der Waals surface area contributed by atoms with E-state index in [2.05, 4.69) is 44.8 Å². The lowest BCUT2D eigenvalue weighted by molar-refractivity contribution is 0.583. The van der Waals surface area contributed by atoms with Gasteiger partial charge in [-0.2, -0.15) is 0 Å². The van der Waals surface area contributed by atoms with Crippen molar-refractivity contribution in [1.82, 2.24) is 0 Å². The lowest BCUT2D eigenvalue weighted by Crippen LogP contribution is -2.22. The summed E-state index contributed by atoms with van der Waals surface area (Å²) in [5.41, 5.74) is 7.09. The maximum absolute atomic E-state index is 5.89. The molecule has 16 heavy (non-hydrogen) atoms. The Morgan fingerprint density at radius 1 is 1.31 bits per heavy atom. The largest absolute Gasteiger partial charge is 0.387 e. The van der Waals surface area contributed by atoms with Crippen LogP contribution in [0.25, 0.3) is 0 Å². The van der Waals surface area contributed by atoms with Gasteiger partial charge >= 0.3 is 0 Å². The monoisotopic (exact) mass is 236 g/mol. The maximum Gasteiger partial charge on any atom is 0.105 e. The van der Waals surface area contributed by atoms with Crippen LogP contribution in [0.15, 0.2) is 34.2 Å². The van der Waals surface area contributed by atoms with Crippen molar-refractivity contribution in [1.29, 1.82) is 0 Å². The summed E-state index contributed by atoms with van der Waals surface area (Å²) in [4.78, 5) is 5.70. The van der Waals surface area contributed by atoms with E-state index in [-0.39, 0.29) is 5.54 Å². The number of nitrogens with zero attached hydrogens (tertiary/aromatic N) is 1. The smallest absolute Gasteiger partial charge is 0.105 e. The zero-order valence-electron chi connectivity index (χ0n) is 10.4. The van der Waals surface area contributed by atoms with Crippen molar-refractivity contribution in [3.8, 4) is 0 Å². The lowest BCUT2D eigenvalue weighted by atomic mass is 10.1. The second-order valence-corrected chi connectivity index (χ2v) is 5.85. The van der Waals surface area contributed by atoms with Gasteiger partial charge < -0.3 is 5.73 Å². The third-order valence-electron chi connectivity index (χ3n) is 1.95. The fourth-order valence-electron chi connectivity index (χ4n) is 1.33. The summed E-state index contributed by atoms with van der Waals surface area (Å²) in [6.07, 6.45) is 0. The van der Waals surface area contributed by atoms with Gasteiger partial charge in [0.25, 0.3) is 0 Å². The zero-order valence-corrected chi connectivity index (χ0v) is 11.3. The first-order valence-corrected chi connectivity index (χ1v) is 6.40. The molecule has 1 aromatic carbocycles. The number of aliphatic imine (C=N–C) groups is 1. The molecule has 1 rings (SSSR count). The molecule has 2 nitrogen and oxygen atoms in total. The van der Waals surface area contributed by atoms with Crippen LogP contribution in [-0.2, 0) is 0 Å². The average Bonchev–Trinajstić information content (AvgIpc) is 2.14. The first-order valence-electron chi connectivity index (χ1n) is 5.41. The van der Waals surface area contributed by atoms with Gasteiger partial charge in [0, 0.05) is 4.90 Å². The number of rotatable bonds is 3. The van der Waals surface area contributed by atoms with Crippen molar-refractivity contribution in [3.05, 3.63) is 29.8 Å². The van der Waals surface area contributed by atoms with E-state index in [4.69, 9.17) is 5.73 Å². The number of amidine groups is 1. The number of aryl methyl sites for hydroxylation is 1. The third-order valence-corrected chi connectivity index (χ3v) is 3.16. The van der Waals surface area contributed by atoms with Gasteiger partial charge in [-0.05, 0) is 39.3 Å². The molecule has 2 N–H and O–H groups in total. The second-order valence-electron chi connectivity index (χ2n) is 4.83. The van der Waals surface area contributed by atoms with E-state index in [1.54, 1.807) is 11.8 Å².